The fourth-order valence-electron chi connectivity index (χ4n) is 3.96. The van der Waals surface area contributed by atoms with Crippen molar-refractivity contribution in [3.63, 3.8) is 0 Å². The smallest absolute Gasteiger partial charge is 0.259 e. The summed E-state index contributed by atoms with van der Waals surface area (Å²) in [5.74, 6) is -2.03. The third kappa shape index (κ3) is 4.10. The third-order valence-electron chi connectivity index (χ3n) is 5.48. The van der Waals surface area contributed by atoms with Gasteiger partial charge in [-0.3, -0.25) is 4.79 Å². The van der Waals surface area contributed by atoms with E-state index in [1.165, 1.54) is 18.2 Å². The Labute approximate surface area is 179 Å². The molecule has 2 aromatic rings. The topological polar surface area (TPSA) is 102 Å². The van der Waals surface area contributed by atoms with Gasteiger partial charge in [-0.05, 0) is 32.4 Å². The van der Waals surface area contributed by atoms with Crippen LogP contribution in [0.4, 0.5) is 4.39 Å². The van der Waals surface area contributed by atoms with Crippen LogP contribution in [0.25, 0.3) is 0 Å². The number of aromatic nitrogens is 1. The van der Waals surface area contributed by atoms with Crippen molar-refractivity contribution in [1.82, 2.24) is 14.4 Å². The van der Waals surface area contributed by atoms with E-state index in [9.17, 15) is 17.6 Å². The summed E-state index contributed by atoms with van der Waals surface area (Å²) in [6.07, 6.45) is 0.556. The Morgan fingerprint density at radius 1 is 1.13 bits per heavy atom. The van der Waals surface area contributed by atoms with Crippen LogP contribution in [-0.4, -0.2) is 73.9 Å². The molecular weight excluding hydrogens is 429 g/mol. The van der Waals surface area contributed by atoms with Gasteiger partial charge in [0.05, 0.1) is 32.0 Å². The van der Waals surface area contributed by atoms with E-state index in [1.807, 2.05) is 0 Å². The molecule has 1 amide bonds. The summed E-state index contributed by atoms with van der Waals surface area (Å²) in [4.78, 5) is 14.3. The lowest BCUT2D eigenvalue weighted by molar-refractivity contribution is -0.255. The summed E-state index contributed by atoms with van der Waals surface area (Å²) >= 11 is 0. The van der Waals surface area contributed by atoms with Gasteiger partial charge in [-0.2, -0.15) is 4.31 Å². The normalized spacial score (nSPS) is 23.1. The fourth-order valence-corrected chi connectivity index (χ4v) is 5.48. The molecule has 9 nitrogen and oxygen atoms in total. The van der Waals surface area contributed by atoms with Gasteiger partial charge in [-0.1, -0.05) is 17.3 Å². The van der Waals surface area contributed by atoms with E-state index >= 15 is 0 Å². The molecule has 31 heavy (non-hydrogen) atoms. The number of aryl methyl sites for hydroxylation is 2. The number of carbonyl (C=O) groups excluding carboxylic acids is 1. The highest BCUT2D eigenvalue weighted by atomic mass is 32.2. The molecule has 0 radical (unpaired) electrons. The molecule has 2 aliphatic rings. The number of halogens is 1. The number of amides is 1. The number of ether oxygens (including phenoxy) is 2. The van der Waals surface area contributed by atoms with Crippen LogP contribution in [0.5, 0.6) is 0 Å². The number of sulfonamides is 1. The Bertz CT molecular complexity index is 1070. The standard InChI is InChI=1S/C20H24FN3O6S/c1-14-18(15(2)30-22-14)19(25)23-8-5-10-28-20(12-23)13-24(9-11-29-20)31(26,27)17-7-4-3-6-16(17)21/h3-4,6-7H,5,8-13H2,1-2H3. The first-order valence-electron chi connectivity index (χ1n) is 9.98. The largest absolute Gasteiger partial charge is 0.361 e. The van der Waals surface area contributed by atoms with Crippen LogP contribution in [-0.2, 0) is 19.5 Å². The zero-order valence-electron chi connectivity index (χ0n) is 17.3. The molecule has 1 atom stereocenters. The molecule has 0 bridgehead atoms. The van der Waals surface area contributed by atoms with Crippen LogP contribution in [0.2, 0.25) is 0 Å². The van der Waals surface area contributed by atoms with E-state index in [4.69, 9.17) is 14.0 Å². The fraction of sp³-hybridized carbons (Fsp3) is 0.500. The second-order valence-corrected chi connectivity index (χ2v) is 9.56. The average molecular weight is 453 g/mol. The van der Waals surface area contributed by atoms with Crippen molar-refractivity contribution in [3.05, 3.63) is 47.1 Å². The molecule has 1 aromatic heterocycles. The summed E-state index contributed by atoms with van der Waals surface area (Å²) in [6.45, 7) is 4.03. The maximum Gasteiger partial charge on any atom is 0.259 e. The van der Waals surface area contributed by atoms with Crippen molar-refractivity contribution < 1.29 is 31.6 Å². The minimum atomic E-state index is -4.10. The van der Waals surface area contributed by atoms with Crippen molar-refractivity contribution in [2.45, 2.75) is 31.0 Å². The molecule has 1 spiro atoms. The molecule has 0 N–H and O–H groups in total. The van der Waals surface area contributed by atoms with E-state index in [1.54, 1.807) is 18.7 Å². The highest BCUT2D eigenvalue weighted by Gasteiger charge is 2.46. The van der Waals surface area contributed by atoms with Crippen molar-refractivity contribution in [3.8, 4) is 0 Å². The molecule has 168 valence electrons. The molecule has 0 saturated carbocycles. The summed E-state index contributed by atoms with van der Waals surface area (Å²) in [5.41, 5.74) is 0.860. The van der Waals surface area contributed by atoms with Crippen LogP contribution < -0.4 is 0 Å². The molecule has 3 heterocycles. The lowest BCUT2D eigenvalue weighted by atomic mass is 10.1. The number of rotatable bonds is 3. The summed E-state index contributed by atoms with van der Waals surface area (Å²) in [6, 6.07) is 5.24. The number of morpholine rings is 1. The first kappa shape index (κ1) is 21.9. The zero-order valence-corrected chi connectivity index (χ0v) is 18.2. The van der Waals surface area contributed by atoms with Crippen LogP contribution >= 0.6 is 0 Å². The molecule has 2 aliphatic heterocycles. The molecule has 1 unspecified atom stereocenters. The van der Waals surface area contributed by atoms with Gasteiger partial charge in [0.1, 0.15) is 22.0 Å². The summed E-state index contributed by atoms with van der Waals surface area (Å²) < 4.78 is 58.4. The monoisotopic (exact) mass is 453 g/mol. The maximum absolute atomic E-state index is 14.2. The van der Waals surface area contributed by atoms with Gasteiger partial charge in [0, 0.05) is 13.1 Å². The molecule has 2 fully saturated rings. The summed E-state index contributed by atoms with van der Waals surface area (Å²) in [5, 5.41) is 3.84. The van der Waals surface area contributed by atoms with Crippen LogP contribution in [0.1, 0.15) is 28.2 Å². The van der Waals surface area contributed by atoms with Crippen LogP contribution in [0.15, 0.2) is 33.7 Å². The van der Waals surface area contributed by atoms with Gasteiger partial charge in [-0.25, -0.2) is 12.8 Å². The predicted octanol–water partition coefficient (Wildman–Crippen LogP) is 1.71. The van der Waals surface area contributed by atoms with Gasteiger partial charge >= 0.3 is 0 Å². The van der Waals surface area contributed by atoms with E-state index in [2.05, 4.69) is 5.16 Å². The Hall–Kier alpha value is -2.34. The van der Waals surface area contributed by atoms with Gasteiger partial charge in [-0.15, -0.1) is 0 Å². The Balaban J connectivity index is 1.60. The third-order valence-corrected chi connectivity index (χ3v) is 7.36. The van der Waals surface area contributed by atoms with E-state index in [-0.39, 0.29) is 32.1 Å². The van der Waals surface area contributed by atoms with Crippen LogP contribution in [0, 0.1) is 19.7 Å². The predicted molar refractivity (Wildman–Crippen MR) is 106 cm³/mol. The number of benzene rings is 1. The van der Waals surface area contributed by atoms with E-state index in [0.717, 1.165) is 10.4 Å². The van der Waals surface area contributed by atoms with Gasteiger partial charge in [0.15, 0.2) is 5.79 Å². The van der Waals surface area contributed by atoms with Gasteiger partial charge < -0.3 is 18.9 Å². The Kier molecular flexibility index (Phi) is 5.86. The van der Waals surface area contributed by atoms with Gasteiger partial charge in [0.2, 0.25) is 10.0 Å². The number of hydrogen-bond donors (Lipinski definition) is 0. The molecule has 0 aliphatic carbocycles. The highest BCUT2D eigenvalue weighted by molar-refractivity contribution is 7.89. The average Bonchev–Trinajstić information content (AvgIpc) is 2.95. The first-order chi connectivity index (χ1) is 14.7. The first-order valence-corrected chi connectivity index (χ1v) is 11.4. The minimum Gasteiger partial charge on any atom is -0.361 e. The number of hydrogen-bond acceptors (Lipinski definition) is 7. The Morgan fingerprint density at radius 3 is 2.58 bits per heavy atom. The molecular formula is C20H24FN3O6S. The number of nitrogens with zero attached hydrogens (tertiary/aromatic N) is 3. The van der Waals surface area contributed by atoms with Crippen molar-refractivity contribution in [2.24, 2.45) is 0 Å². The van der Waals surface area contributed by atoms with Crippen LogP contribution in [0.3, 0.4) is 0 Å². The minimum absolute atomic E-state index is 0.0270. The zero-order chi connectivity index (χ0) is 22.2. The van der Waals surface area contributed by atoms with E-state index < -0.39 is 26.5 Å². The van der Waals surface area contributed by atoms with Crippen molar-refractivity contribution in [2.75, 3.05) is 39.4 Å². The lowest BCUT2D eigenvalue weighted by Crippen LogP contribution is -2.59. The molecule has 1 aromatic carbocycles. The molecule has 2 saturated heterocycles. The molecule has 4 rings (SSSR count). The SMILES string of the molecule is Cc1noc(C)c1C(=O)N1CCCOC2(C1)CN(S(=O)(=O)c1ccccc1F)CCO2. The quantitative estimate of drug-likeness (QED) is 0.697. The van der Waals surface area contributed by atoms with Gasteiger partial charge in [0.25, 0.3) is 5.91 Å². The highest BCUT2D eigenvalue weighted by Crippen LogP contribution is 2.30. The Morgan fingerprint density at radius 2 is 1.87 bits per heavy atom. The second kappa shape index (κ2) is 8.30. The van der Waals surface area contributed by atoms with Crippen molar-refractivity contribution in [1.29, 1.82) is 0 Å². The molecule has 11 heteroatoms. The second-order valence-electron chi connectivity index (χ2n) is 7.66. The maximum atomic E-state index is 14.2. The van der Waals surface area contributed by atoms with Crippen molar-refractivity contribution >= 4 is 15.9 Å². The summed E-state index contributed by atoms with van der Waals surface area (Å²) in [7, 11) is -4.10. The number of carbonyl (C=O) groups is 1. The lowest BCUT2D eigenvalue weighted by Gasteiger charge is -2.42. The van der Waals surface area contributed by atoms with E-state index in [0.29, 0.717) is 36.6 Å².